The van der Waals surface area contributed by atoms with Gasteiger partial charge in [0.15, 0.2) is 0 Å². The summed E-state index contributed by atoms with van der Waals surface area (Å²) in [6.45, 7) is -0.942. The molecule has 0 aliphatic carbocycles. The van der Waals surface area contributed by atoms with Gasteiger partial charge in [0.25, 0.3) is 0 Å². The monoisotopic (exact) mass is 203 g/mol. The molecule has 0 radical (unpaired) electrons. The first kappa shape index (κ1) is 12.6. The van der Waals surface area contributed by atoms with Gasteiger partial charge in [-0.2, -0.15) is 13.2 Å². The Morgan fingerprint density at radius 2 is 1.77 bits per heavy atom. The van der Waals surface area contributed by atoms with E-state index < -0.39 is 24.9 Å². The molecule has 0 aliphatic heterocycles. The Bertz CT molecular complexity index is 150. The van der Waals surface area contributed by atoms with E-state index in [1.54, 1.807) is 0 Å². The van der Waals surface area contributed by atoms with Crippen molar-refractivity contribution < 1.29 is 22.3 Å². The minimum atomic E-state index is -4.89. The number of methoxy groups -OCH3 is 1. The lowest BCUT2D eigenvalue weighted by molar-refractivity contribution is -0.245. The highest BCUT2D eigenvalue weighted by atomic mass is 19.4. The molecule has 2 nitrogen and oxygen atoms in total. The lowest BCUT2D eigenvalue weighted by atomic mass is 10.0. The zero-order valence-electron chi connectivity index (χ0n) is 7.33. The van der Waals surface area contributed by atoms with Crippen LogP contribution in [0.3, 0.4) is 0 Å². The van der Waals surface area contributed by atoms with Crippen molar-refractivity contribution in [2.24, 2.45) is 5.73 Å². The molecule has 0 amide bonds. The lowest BCUT2D eigenvalue weighted by Crippen LogP contribution is -2.45. The first-order chi connectivity index (χ1) is 5.87. The molecule has 2 N–H and O–H groups in total. The van der Waals surface area contributed by atoms with E-state index in [-0.39, 0.29) is 13.0 Å². The molecule has 0 saturated heterocycles. The first-order valence-electron chi connectivity index (χ1n) is 3.82. The summed E-state index contributed by atoms with van der Waals surface area (Å²) in [6.07, 6.45) is -5.56. The SMILES string of the molecule is COCC(F)(CCCN)C(F)(F)F. The largest absolute Gasteiger partial charge is 0.424 e. The standard InChI is InChI=1S/C7H13F4NO/c1-13-5-6(8,3-2-4-12)7(9,10)11/h2-5,12H2,1H3. The molecule has 0 saturated carbocycles. The van der Waals surface area contributed by atoms with Crippen molar-refractivity contribution in [2.45, 2.75) is 24.7 Å². The maximum absolute atomic E-state index is 13.2. The normalized spacial score (nSPS) is 17.1. The van der Waals surface area contributed by atoms with Crippen LogP contribution in [-0.4, -0.2) is 32.1 Å². The predicted molar refractivity (Wildman–Crippen MR) is 40.1 cm³/mol. The molecule has 0 fully saturated rings. The van der Waals surface area contributed by atoms with Gasteiger partial charge in [-0.3, -0.25) is 0 Å². The smallest absolute Gasteiger partial charge is 0.381 e. The maximum Gasteiger partial charge on any atom is 0.424 e. The number of alkyl halides is 4. The Morgan fingerprint density at radius 1 is 1.23 bits per heavy atom. The second-order valence-electron chi connectivity index (χ2n) is 2.79. The van der Waals surface area contributed by atoms with Crippen LogP contribution in [0.2, 0.25) is 0 Å². The molecule has 80 valence electrons. The minimum Gasteiger partial charge on any atom is -0.381 e. The number of ether oxygens (including phenoxy) is 1. The third-order valence-electron chi connectivity index (χ3n) is 1.66. The summed E-state index contributed by atoms with van der Waals surface area (Å²) in [7, 11) is 1.03. The highest BCUT2D eigenvalue weighted by molar-refractivity contribution is 4.87. The van der Waals surface area contributed by atoms with Gasteiger partial charge in [-0.25, -0.2) is 4.39 Å². The molecule has 0 aromatic heterocycles. The molecule has 0 aliphatic rings. The van der Waals surface area contributed by atoms with E-state index in [1.807, 2.05) is 0 Å². The lowest BCUT2D eigenvalue weighted by Gasteiger charge is -2.26. The van der Waals surface area contributed by atoms with Gasteiger partial charge >= 0.3 is 6.18 Å². The zero-order valence-corrected chi connectivity index (χ0v) is 7.33. The van der Waals surface area contributed by atoms with Crippen LogP contribution < -0.4 is 5.73 Å². The van der Waals surface area contributed by atoms with Crippen LogP contribution in [0.15, 0.2) is 0 Å². The van der Waals surface area contributed by atoms with Gasteiger partial charge in [0.05, 0.1) is 6.61 Å². The second-order valence-corrected chi connectivity index (χ2v) is 2.79. The Hall–Kier alpha value is -0.360. The molecule has 0 heterocycles. The summed E-state index contributed by atoms with van der Waals surface area (Å²) in [5.74, 6) is 0. The topological polar surface area (TPSA) is 35.2 Å². The fraction of sp³-hybridized carbons (Fsp3) is 1.00. The fourth-order valence-electron chi connectivity index (χ4n) is 0.907. The van der Waals surface area contributed by atoms with E-state index in [1.165, 1.54) is 0 Å². The maximum atomic E-state index is 13.2. The van der Waals surface area contributed by atoms with Crippen molar-refractivity contribution in [3.05, 3.63) is 0 Å². The van der Waals surface area contributed by atoms with E-state index in [2.05, 4.69) is 4.74 Å². The zero-order chi connectivity index (χ0) is 10.5. The quantitative estimate of drug-likeness (QED) is 0.689. The summed E-state index contributed by atoms with van der Waals surface area (Å²) in [4.78, 5) is 0. The Labute approximate surface area is 74.0 Å². The third-order valence-corrected chi connectivity index (χ3v) is 1.66. The molecule has 0 rings (SSSR count). The van der Waals surface area contributed by atoms with Crippen LogP contribution >= 0.6 is 0 Å². The number of halogens is 4. The van der Waals surface area contributed by atoms with Gasteiger partial charge in [-0.15, -0.1) is 0 Å². The van der Waals surface area contributed by atoms with Crippen LogP contribution in [0.1, 0.15) is 12.8 Å². The summed E-state index contributed by atoms with van der Waals surface area (Å²) in [5, 5.41) is 0. The van der Waals surface area contributed by atoms with E-state index in [0.29, 0.717) is 0 Å². The number of rotatable bonds is 5. The van der Waals surface area contributed by atoms with E-state index in [0.717, 1.165) is 7.11 Å². The number of nitrogens with two attached hydrogens (primary N) is 1. The van der Waals surface area contributed by atoms with Crippen molar-refractivity contribution >= 4 is 0 Å². The molecule has 13 heavy (non-hydrogen) atoms. The van der Waals surface area contributed by atoms with Crippen LogP contribution in [0, 0.1) is 0 Å². The average Bonchev–Trinajstić information content (AvgIpc) is 1.99. The minimum absolute atomic E-state index is 0.0145. The van der Waals surface area contributed by atoms with Gasteiger partial charge in [0, 0.05) is 7.11 Å². The highest BCUT2D eigenvalue weighted by Crippen LogP contribution is 2.37. The molecule has 1 atom stereocenters. The molecular weight excluding hydrogens is 190 g/mol. The van der Waals surface area contributed by atoms with Crippen LogP contribution in [0.5, 0.6) is 0 Å². The van der Waals surface area contributed by atoms with E-state index in [9.17, 15) is 17.6 Å². The van der Waals surface area contributed by atoms with Gasteiger partial charge in [-0.05, 0) is 19.4 Å². The van der Waals surface area contributed by atoms with Gasteiger partial charge < -0.3 is 10.5 Å². The first-order valence-corrected chi connectivity index (χ1v) is 3.82. The number of hydrogen-bond donors (Lipinski definition) is 1. The van der Waals surface area contributed by atoms with Crippen molar-refractivity contribution in [3.63, 3.8) is 0 Å². The second kappa shape index (κ2) is 4.76. The molecular formula is C7H13F4NO. The fourth-order valence-corrected chi connectivity index (χ4v) is 0.907. The predicted octanol–water partition coefficient (Wildman–Crippen LogP) is 1.64. The van der Waals surface area contributed by atoms with Crippen LogP contribution in [0.25, 0.3) is 0 Å². The van der Waals surface area contributed by atoms with E-state index >= 15 is 0 Å². The van der Waals surface area contributed by atoms with Crippen molar-refractivity contribution in [1.82, 2.24) is 0 Å². The molecule has 0 spiro atoms. The summed E-state index contributed by atoms with van der Waals surface area (Å²) >= 11 is 0. The molecule has 0 bridgehead atoms. The van der Waals surface area contributed by atoms with Gasteiger partial charge in [0.1, 0.15) is 0 Å². The van der Waals surface area contributed by atoms with Gasteiger partial charge in [-0.1, -0.05) is 0 Å². The third kappa shape index (κ3) is 3.48. The van der Waals surface area contributed by atoms with Crippen molar-refractivity contribution in [2.75, 3.05) is 20.3 Å². The van der Waals surface area contributed by atoms with Crippen LogP contribution in [0.4, 0.5) is 17.6 Å². The molecule has 6 heteroatoms. The summed E-state index contributed by atoms with van der Waals surface area (Å²) in [5.41, 5.74) is 1.74. The summed E-state index contributed by atoms with van der Waals surface area (Å²) in [6, 6.07) is 0. The van der Waals surface area contributed by atoms with Crippen molar-refractivity contribution in [1.29, 1.82) is 0 Å². The highest BCUT2D eigenvalue weighted by Gasteiger charge is 2.55. The van der Waals surface area contributed by atoms with Crippen LogP contribution in [-0.2, 0) is 4.74 Å². The number of hydrogen-bond acceptors (Lipinski definition) is 2. The Kier molecular flexibility index (Phi) is 4.63. The Morgan fingerprint density at radius 3 is 2.08 bits per heavy atom. The summed E-state index contributed by atoms with van der Waals surface area (Å²) < 4.78 is 53.7. The average molecular weight is 203 g/mol. The van der Waals surface area contributed by atoms with Crippen molar-refractivity contribution in [3.8, 4) is 0 Å². The van der Waals surface area contributed by atoms with Gasteiger partial charge in [0.2, 0.25) is 5.67 Å². The molecule has 0 aromatic carbocycles. The van der Waals surface area contributed by atoms with E-state index in [4.69, 9.17) is 5.73 Å². The molecule has 1 unspecified atom stereocenters. The Balaban J connectivity index is 4.34. The molecule has 0 aromatic rings.